The van der Waals surface area contributed by atoms with Crippen molar-refractivity contribution in [3.63, 3.8) is 0 Å². The predicted octanol–water partition coefficient (Wildman–Crippen LogP) is 3.90. The minimum Gasteiger partial charge on any atom is -0.481 e. The second-order valence-corrected chi connectivity index (χ2v) is 8.99. The maximum atomic E-state index is 13.7. The van der Waals surface area contributed by atoms with Crippen LogP contribution >= 0.6 is 0 Å². The van der Waals surface area contributed by atoms with Gasteiger partial charge in [-0.25, -0.2) is 4.68 Å². The van der Waals surface area contributed by atoms with Gasteiger partial charge >= 0.3 is 5.97 Å². The van der Waals surface area contributed by atoms with Gasteiger partial charge in [0.05, 0.1) is 23.9 Å². The number of aliphatic carboxylic acids is 1. The molecule has 1 amide bonds. The highest BCUT2D eigenvalue weighted by atomic mass is 16.4. The minimum atomic E-state index is -0.717. The maximum absolute atomic E-state index is 13.7. The van der Waals surface area contributed by atoms with Crippen molar-refractivity contribution in [2.45, 2.75) is 50.6 Å². The van der Waals surface area contributed by atoms with E-state index in [4.69, 9.17) is 0 Å². The molecule has 1 saturated carbocycles. The monoisotopic (exact) mass is 432 g/mol. The molecule has 0 spiro atoms. The van der Waals surface area contributed by atoms with Gasteiger partial charge in [-0.1, -0.05) is 60.5 Å². The normalized spacial score (nSPS) is 24.1. The zero-order valence-electron chi connectivity index (χ0n) is 18.0. The Kier molecular flexibility index (Phi) is 5.64. The summed E-state index contributed by atoms with van der Waals surface area (Å²) in [5.41, 5.74) is 2.71. The van der Waals surface area contributed by atoms with Crippen LogP contribution < -0.4 is 0 Å². The molecule has 1 saturated heterocycles. The maximum Gasteiger partial charge on any atom is 0.306 e. The number of benzene rings is 2. The van der Waals surface area contributed by atoms with E-state index in [1.165, 1.54) is 0 Å². The number of carboxylic acid groups (broad SMARTS) is 1. The summed E-state index contributed by atoms with van der Waals surface area (Å²) >= 11 is 0. The fourth-order valence-electron chi connectivity index (χ4n) is 5.69. The number of nitrogens with zero attached hydrogens (tertiary/aromatic N) is 4. The number of likely N-dealkylation sites (tertiary alicyclic amines) is 1. The van der Waals surface area contributed by atoms with Gasteiger partial charge in [-0.15, -0.1) is 5.10 Å². The summed E-state index contributed by atoms with van der Waals surface area (Å²) in [7, 11) is 0. The molecule has 2 aliphatic rings. The summed E-state index contributed by atoms with van der Waals surface area (Å²) < 4.78 is 1.85. The van der Waals surface area contributed by atoms with Gasteiger partial charge in [0.1, 0.15) is 5.52 Å². The third kappa shape index (κ3) is 3.76. The number of carbonyl (C=O) groups is 2. The van der Waals surface area contributed by atoms with Crippen LogP contribution in [0, 0.1) is 11.8 Å². The van der Waals surface area contributed by atoms with Crippen LogP contribution in [0.1, 0.15) is 50.1 Å². The van der Waals surface area contributed by atoms with Crippen molar-refractivity contribution in [2.75, 3.05) is 6.54 Å². The molecule has 166 valence electrons. The molecular formula is C25H28N4O3. The molecule has 2 aromatic carbocycles. The Bertz CT molecular complexity index is 1110. The minimum absolute atomic E-state index is 0.0232. The molecule has 1 N–H and O–H groups in total. The molecule has 5 rings (SSSR count). The number of carboxylic acids is 1. The topological polar surface area (TPSA) is 88.3 Å². The highest BCUT2D eigenvalue weighted by Gasteiger charge is 2.44. The summed E-state index contributed by atoms with van der Waals surface area (Å²) in [5, 5.41) is 18.4. The largest absolute Gasteiger partial charge is 0.481 e. The summed E-state index contributed by atoms with van der Waals surface area (Å²) in [5.74, 6) is -0.931. The SMILES string of the molecule is O=C(O)C1CCN(C(=O)C[C@@H](c2ccccc2)n2nnc3ccccc32)C2CCCCC12. The van der Waals surface area contributed by atoms with Crippen LogP contribution in [0.5, 0.6) is 0 Å². The third-order valence-electron chi connectivity index (χ3n) is 7.24. The van der Waals surface area contributed by atoms with Gasteiger partial charge in [0.2, 0.25) is 5.91 Å². The Morgan fingerprint density at radius 1 is 1.00 bits per heavy atom. The first-order valence-electron chi connectivity index (χ1n) is 11.5. The summed E-state index contributed by atoms with van der Waals surface area (Å²) in [6, 6.07) is 17.5. The van der Waals surface area contributed by atoms with Gasteiger partial charge in [0.15, 0.2) is 0 Å². The van der Waals surface area contributed by atoms with Gasteiger partial charge < -0.3 is 10.0 Å². The zero-order chi connectivity index (χ0) is 22.1. The van der Waals surface area contributed by atoms with Crippen LogP contribution in [0.4, 0.5) is 0 Å². The van der Waals surface area contributed by atoms with E-state index in [0.29, 0.717) is 13.0 Å². The lowest BCUT2D eigenvalue weighted by Gasteiger charge is -2.47. The van der Waals surface area contributed by atoms with E-state index in [2.05, 4.69) is 10.3 Å². The first-order chi connectivity index (χ1) is 15.6. The average Bonchev–Trinajstić information content (AvgIpc) is 3.26. The molecule has 0 radical (unpaired) electrons. The number of rotatable bonds is 5. The van der Waals surface area contributed by atoms with E-state index < -0.39 is 5.97 Å². The van der Waals surface area contributed by atoms with Crippen LogP contribution in [-0.2, 0) is 9.59 Å². The standard InChI is InChI=1S/C25H28N4O3/c30-24(28-15-14-19(25(31)32)18-10-4-6-12-21(18)28)16-23(17-8-2-1-3-9-17)29-22-13-7-5-11-20(22)26-27-29/h1-3,5,7-9,11,13,18-19,21,23H,4,6,10,12,14-16H2,(H,31,32)/t18?,19?,21?,23-/m0/s1. The van der Waals surface area contributed by atoms with E-state index in [0.717, 1.165) is 42.3 Å². The first kappa shape index (κ1) is 20.7. The second kappa shape index (κ2) is 8.73. The van der Waals surface area contributed by atoms with Gasteiger partial charge in [0.25, 0.3) is 0 Å². The van der Waals surface area contributed by atoms with Crippen molar-refractivity contribution < 1.29 is 14.7 Å². The van der Waals surface area contributed by atoms with Crippen LogP contribution in [0.2, 0.25) is 0 Å². The van der Waals surface area contributed by atoms with Gasteiger partial charge in [-0.3, -0.25) is 9.59 Å². The smallest absolute Gasteiger partial charge is 0.306 e. The lowest BCUT2D eigenvalue weighted by Crippen LogP contribution is -2.54. The van der Waals surface area contributed by atoms with Crippen molar-refractivity contribution >= 4 is 22.9 Å². The molecule has 1 aliphatic carbocycles. The highest BCUT2D eigenvalue weighted by molar-refractivity contribution is 5.79. The number of fused-ring (bicyclic) bond motifs is 2. The Labute approximate surface area is 187 Å². The highest BCUT2D eigenvalue weighted by Crippen LogP contribution is 2.40. The fraction of sp³-hybridized carbons (Fsp3) is 0.440. The van der Waals surface area contributed by atoms with Crippen LogP contribution in [0.15, 0.2) is 54.6 Å². The molecule has 2 heterocycles. The predicted molar refractivity (Wildman–Crippen MR) is 120 cm³/mol. The number of aromatic nitrogens is 3. The summed E-state index contributed by atoms with van der Waals surface area (Å²) in [6.07, 6.45) is 4.68. The van der Waals surface area contributed by atoms with Crippen molar-refractivity contribution in [1.82, 2.24) is 19.9 Å². The molecule has 1 aromatic heterocycles. The molecule has 3 aromatic rings. The number of carbonyl (C=O) groups excluding carboxylic acids is 1. The van der Waals surface area contributed by atoms with E-state index in [1.807, 2.05) is 64.2 Å². The Morgan fingerprint density at radius 3 is 2.56 bits per heavy atom. The third-order valence-corrected chi connectivity index (χ3v) is 7.24. The average molecular weight is 433 g/mol. The zero-order valence-corrected chi connectivity index (χ0v) is 18.0. The van der Waals surface area contributed by atoms with Crippen LogP contribution in [0.25, 0.3) is 11.0 Å². The van der Waals surface area contributed by atoms with Gasteiger partial charge in [-0.05, 0) is 42.9 Å². The van der Waals surface area contributed by atoms with Gasteiger partial charge in [-0.2, -0.15) is 0 Å². The molecule has 3 unspecified atom stereocenters. The molecule has 32 heavy (non-hydrogen) atoms. The van der Waals surface area contributed by atoms with E-state index in [-0.39, 0.29) is 36.2 Å². The molecule has 4 atom stereocenters. The van der Waals surface area contributed by atoms with E-state index in [9.17, 15) is 14.7 Å². The Hall–Kier alpha value is -3.22. The first-order valence-corrected chi connectivity index (χ1v) is 11.5. The van der Waals surface area contributed by atoms with Crippen LogP contribution in [0.3, 0.4) is 0 Å². The molecule has 0 bridgehead atoms. The summed E-state index contributed by atoms with van der Waals surface area (Å²) in [6.45, 7) is 0.510. The Morgan fingerprint density at radius 2 is 1.75 bits per heavy atom. The number of piperidine rings is 1. The van der Waals surface area contributed by atoms with E-state index >= 15 is 0 Å². The molecule has 1 aliphatic heterocycles. The lowest BCUT2D eigenvalue weighted by molar-refractivity contribution is -0.154. The van der Waals surface area contributed by atoms with Crippen LogP contribution in [-0.4, -0.2) is 49.5 Å². The number of hydrogen-bond acceptors (Lipinski definition) is 4. The number of amides is 1. The van der Waals surface area contributed by atoms with E-state index in [1.54, 1.807) is 0 Å². The van der Waals surface area contributed by atoms with Crippen molar-refractivity contribution in [1.29, 1.82) is 0 Å². The quantitative estimate of drug-likeness (QED) is 0.661. The lowest BCUT2D eigenvalue weighted by atomic mass is 9.71. The van der Waals surface area contributed by atoms with Gasteiger partial charge in [0, 0.05) is 12.6 Å². The molecular weight excluding hydrogens is 404 g/mol. The fourth-order valence-corrected chi connectivity index (χ4v) is 5.69. The Balaban J connectivity index is 1.45. The van der Waals surface area contributed by atoms with Crippen molar-refractivity contribution in [3.05, 3.63) is 60.2 Å². The molecule has 2 fully saturated rings. The van der Waals surface area contributed by atoms with Crippen molar-refractivity contribution in [2.24, 2.45) is 11.8 Å². The summed E-state index contributed by atoms with van der Waals surface area (Å²) in [4.78, 5) is 27.4. The molecule has 7 heteroatoms. The van der Waals surface area contributed by atoms with Crippen molar-refractivity contribution in [3.8, 4) is 0 Å². The number of hydrogen-bond donors (Lipinski definition) is 1. The number of para-hydroxylation sites is 1. The molecule has 7 nitrogen and oxygen atoms in total. The second-order valence-electron chi connectivity index (χ2n) is 8.99.